The maximum atomic E-state index is 12.9. The Morgan fingerprint density at radius 3 is 2.50 bits per heavy atom. The molecule has 1 aliphatic rings. The number of anilines is 1. The van der Waals surface area contributed by atoms with Crippen LogP contribution in [0.4, 0.5) is 10.1 Å². The van der Waals surface area contributed by atoms with Gasteiger partial charge < -0.3 is 0 Å². The number of hydrogen-bond donors (Lipinski definition) is 1. The van der Waals surface area contributed by atoms with Gasteiger partial charge in [-0.1, -0.05) is 6.42 Å². The second-order valence-electron chi connectivity index (χ2n) is 4.19. The molecule has 0 atom stereocenters. The van der Waals surface area contributed by atoms with E-state index < -0.39 is 10.2 Å². The number of rotatable bonds is 3. The Kier molecular flexibility index (Phi) is 4.44. The molecule has 0 bridgehead atoms. The van der Waals surface area contributed by atoms with E-state index in [0.29, 0.717) is 22.3 Å². The number of piperidine rings is 1. The van der Waals surface area contributed by atoms with Gasteiger partial charge in [-0.05, 0) is 53.6 Å². The standard InChI is InChI=1S/C11H14FIN2O2S/c12-9-4-5-11(10(13)8-9)14-18(16,17)15-6-2-1-3-7-15/h4-5,8,14H,1-3,6-7H2. The van der Waals surface area contributed by atoms with E-state index in [1.807, 2.05) is 22.6 Å². The first-order valence-electron chi connectivity index (χ1n) is 5.72. The molecule has 1 saturated heterocycles. The minimum Gasteiger partial charge on any atom is -0.270 e. The zero-order valence-electron chi connectivity index (χ0n) is 9.70. The number of hydrogen-bond acceptors (Lipinski definition) is 2. The maximum absolute atomic E-state index is 12.9. The van der Waals surface area contributed by atoms with Crippen LogP contribution in [0.2, 0.25) is 0 Å². The fraction of sp³-hybridized carbons (Fsp3) is 0.455. The number of nitrogens with one attached hydrogen (secondary N) is 1. The second kappa shape index (κ2) is 5.70. The molecule has 1 aromatic rings. The first-order valence-corrected chi connectivity index (χ1v) is 8.24. The van der Waals surface area contributed by atoms with Gasteiger partial charge in [0.05, 0.1) is 5.69 Å². The van der Waals surface area contributed by atoms with E-state index in [1.54, 1.807) is 0 Å². The molecule has 2 rings (SSSR count). The molecule has 1 aromatic carbocycles. The van der Waals surface area contributed by atoms with Gasteiger partial charge in [0.15, 0.2) is 0 Å². The van der Waals surface area contributed by atoms with Crippen molar-refractivity contribution in [3.05, 3.63) is 27.6 Å². The first kappa shape index (κ1) is 14.0. The van der Waals surface area contributed by atoms with Crippen molar-refractivity contribution in [2.45, 2.75) is 19.3 Å². The Hall–Kier alpha value is -0.410. The topological polar surface area (TPSA) is 49.4 Å². The van der Waals surface area contributed by atoms with Crippen molar-refractivity contribution in [3.8, 4) is 0 Å². The van der Waals surface area contributed by atoms with Crippen LogP contribution in [-0.2, 0) is 10.2 Å². The maximum Gasteiger partial charge on any atom is 0.301 e. The number of benzene rings is 1. The molecule has 1 N–H and O–H groups in total. The normalized spacial score (nSPS) is 17.7. The Balaban J connectivity index is 2.16. The number of nitrogens with zero attached hydrogens (tertiary/aromatic N) is 1. The summed E-state index contributed by atoms with van der Waals surface area (Å²) in [4.78, 5) is 0. The van der Waals surface area contributed by atoms with Crippen molar-refractivity contribution in [1.29, 1.82) is 0 Å². The van der Waals surface area contributed by atoms with Gasteiger partial charge in [-0.3, -0.25) is 4.72 Å². The SMILES string of the molecule is O=S(=O)(Nc1ccc(F)cc1I)N1CCCCC1. The lowest BCUT2D eigenvalue weighted by Crippen LogP contribution is -2.39. The minimum absolute atomic E-state index is 0.375. The molecule has 0 unspecified atom stereocenters. The molecule has 1 fully saturated rings. The zero-order valence-corrected chi connectivity index (χ0v) is 12.7. The highest BCUT2D eigenvalue weighted by molar-refractivity contribution is 14.1. The third kappa shape index (κ3) is 3.33. The Labute approximate surface area is 120 Å². The number of halogens is 2. The predicted octanol–water partition coefficient (Wildman–Crippen LogP) is 2.57. The summed E-state index contributed by atoms with van der Waals surface area (Å²) in [5.41, 5.74) is 0.419. The van der Waals surface area contributed by atoms with E-state index in [-0.39, 0.29) is 5.82 Å². The summed E-state index contributed by atoms with van der Waals surface area (Å²) in [7, 11) is -3.52. The highest BCUT2D eigenvalue weighted by atomic mass is 127. The molecule has 18 heavy (non-hydrogen) atoms. The summed E-state index contributed by atoms with van der Waals surface area (Å²) in [6.07, 6.45) is 2.85. The van der Waals surface area contributed by atoms with Crippen LogP contribution in [0.5, 0.6) is 0 Å². The molecule has 7 heteroatoms. The van der Waals surface area contributed by atoms with Crippen molar-refractivity contribution < 1.29 is 12.8 Å². The molecule has 0 amide bonds. The first-order chi connectivity index (χ1) is 8.49. The van der Waals surface area contributed by atoms with E-state index in [1.165, 1.54) is 22.5 Å². The Bertz CT molecular complexity index is 530. The minimum atomic E-state index is -3.52. The van der Waals surface area contributed by atoms with Gasteiger partial charge in [0, 0.05) is 16.7 Å². The van der Waals surface area contributed by atoms with E-state index in [0.717, 1.165) is 19.3 Å². The summed E-state index contributed by atoms with van der Waals surface area (Å²) < 4.78 is 41.7. The average molecular weight is 384 g/mol. The largest absolute Gasteiger partial charge is 0.301 e. The van der Waals surface area contributed by atoms with Crippen molar-refractivity contribution in [2.75, 3.05) is 17.8 Å². The van der Waals surface area contributed by atoms with Crippen LogP contribution in [-0.4, -0.2) is 25.8 Å². The molecule has 0 radical (unpaired) electrons. The lowest BCUT2D eigenvalue weighted by atomic mass is 10.2. The highest BCUT2D eigenvalue weighted by Gasteiger charge is 2.24. The molecule has 100 valence electrons. The van der Waals surface area contributed by atoms with Gasteiger partial charge in [0.1, 0.15) is 5.82 Å². The van der Waals surface area contributed by atoms with Crippen molar-refractivity contribution in [1.82, 2.24) is 4.31 Å². The molecule has 0 saturated carbocycles. The fourth-order valence-corrected chi connectivity index (χ4v) is 4.00. The Morgan fingerprint density at radius 1 is 1.22 bits per heavy atom. The monoisotopic (exact) mass is 384 g/mol. The summed E-state index contributed by atoms with van der Waals surface area (Å²) >= 11 is 1.91. The van der Waals surface area contributed by atoms with Gasteiger partial charge in [-0.25, -0.2) is 4.39 Å². The molecule has 4 nitrogen and oxygen atoms in total. The smallest absolute Gasteiger partial charge is 0.270 e. The fourth-order valence-electron chi connectivity index (χ4n) is 1.88. The molecule has 0 spiro atoms. The molecular formula is C11H14FIN2O2S. The van der Waals surface area contributed by atoms with Crippen LogP contribution >= 0.6 is 22.6 Å². The summed E-state index contributed by atoms with van der Waals surface area (Å²) in [6.45, 7) is 1.10. The predicted molar refractivity (Wildman–Crippen MR) is 77.1 cm³/mol. The molecule has 0 aromatic heterocycles. The summed E-state index contributed by atoms with van der Waals surface area (Å²) in [5.74, 6) is -0.375. The molecule has 1 aliphatic heterocycles. The van der Waals surface area contributed by atoms with Crippen molar-refractivity contribution >= 4 is 38.5 Å². The van der Waals surface area contributed by atoms with Crippen LogP contribution in [0.25, 0.3) is 0 Å². The van der Waals surface area contributed by atoms with Gasteiger partial charge in [0.25, 0.3) is 0 Å². The van der Waals surface area contributed by atoms with Gasteiger partial charge >= 0.3 is 10.2 Å². The van der Waals surface area contributed by atoms with Gasteiger partial charge in [-0.2, -0.15) is 12.7 Å². The van der Waals surface area contributed by atoms with Crippen LogP contribution in [0.3, 0.4) is 0 Å². The average Bonchev–Trinajstić information content (AvgIpc) is 2.34. The highest BCUT2D eigenvalue weighted by Crippen LogP contribution is 2.22. The van der Waals surface area contributed by atoms with Crippen molar-refractivity contribution in [3.63, 3.8) is 0 Å². The lowest BCUT2D eigenvalue weighted by Gasteiger charge is -2.26. The summed E-state index contributed by atoms with van der Waals surface area (Å²) in [5, 5.41) is 0. The van der Waals surface area contributed by atoms with Crippen LogP contribution in [0, 0.1) is 9.39 Å². The van der Waals surface area contributed by atoms with Gasteiger partial charge in [0.2, 0.25) is 0 Å². The van der Waals surface area contributed by atoms with Crippen LogP contribution in [0.15, 0.2) is 18.2 Å². The second-order valence-corrected chi connectivity index (χ2v) is 7.02. The van der Waals surface area contributed by atoms with Gasteiger partial charge in [-0.15, -0.1) is 0 Å². The lowest BCUT2D eigenvalue weighted by molar-refractivity contribution is 0.349. The Morgan fingerprint density at radius 2 is 1.89 bits per heavy atom. The van der Waals surface area contributed by atoms with E-state index in [2.05, 4.69) is 4.72 Å². The van der Waals surface area contributed by atoms with E-state index >= 15 is 0 Å². The molecular weight excluding hydrogens is 370 g/mol. The zero-order chi connectivity index (χ0) is 13.2. The van der Waals surface area contributed by atoms with E-state index in [9.17, 15) is 12.8 Å². The molecule has 0 aliphatic carbocycles. The van der Waals surface area contributed by atoms with Crippen LogP contribution < -0.4 is 4.72 Å². The van der Waals surface area contributed by atoms with E-state index in [4.69, 9.17) is 0 Å². The molecule has 1 heterocycles. The van der Waals surface area contributed by atoms with Crippen LogP contribution in [0.1, 0.15) is 19.3 Å². The van der Waals surface area contributed by atoms with Crippen molar-refractivity contribution in [2.24, 2.45) is 0 Å². The third-order valence-corrected chi connectivity index (χ3v) is 5.24. The quantitative estimate of drug-likeness (QED) is 0.815. The third-order valence-electron chi connectivity index (χ3n) is 2.83. The summed E-state index contributed by atoms with van der Waals surface area (Å²) in [6, 6.07) is 3.99.